The van der Waals surface area contributed by atoms with Crippen molar-refractivity contribution >= 4 is 39.3 Å². The van der Waals surface area contributed by atoms with E-state index in [4.69, 9.17) is 8.83 Å². The van der Waals surface area contributed by atoms with Gasteiger partial charge in [0.15, 0.2) is 16.9 Å². The van der Waals surface area contributed by atoms with Gasteiger partial charge in [-0.05, 0) is 55.5 Å². The van der Waals surface area contributed by atoms with Gasteiger partial charge in [-0.15, -0.1) is 0 Å². The standard InChI is InChI=1S/C26H16FNO5/c1-14-6-11-21-18(12-14)19(29)13-22(32-21)26(31)28-23-17-4-2-3-5-20(17)33-25(23)24(30)15-7-9-16(27)10-8-15/h2-13H,1H3,(H,28,31). The molecule has 3 aromatic carbocycles. The molecule has 2 heterocycles. The number of hydrogen-bond donors (Lipinski definition) is 1. The molecule has 0 aliphatic heterocycles. The average molecular weight is 441 g/mol. The SMILES string of the molecule is Cc1ccc2oc(C(=O)Nc3c(C(=O)c4ccc(F)cc4)oc4ccccc34)cc(=O)c2c1. The molecule has 1 N–H and O–H groups in total. The van der Waals surface area contributed by atoms with Gasteiger partial charge < -0.3 is 14.2 Å². The van der Waals surface area contributed by atoms with Crippen LogP contribution < -0.4 is 10.7 Å². The van der Waals surface area contributed by atoms with E-state index in [1.807, 2.05) is 6.92 Å². The first-order valence-corrected chi connectivity index (χ1v) is 10.1. The molecule has 0 aliphatic carbocycles. The number of furan rings is 1. The second kappa shape index (κ2) is 7.87. The molecule has 33 heavy (non-hydrogen) atoms. The number of carbonyl (C=O) groups excluding carboxylic acids is 2. The summed E-state index contributed by atoms with van der Waals surface area (Å²) in [5.41, 5.74) is 1.52. The van der Waals surface area contributed by atoms with E-state index >= 15 is 0 Å². The highest BCUT2D eigenvalue weighted by Crippen LogP contribution is 2.33. The van der Waals surface area contributed by atoms with Crippen molar-refractivity contribution in [2.45, 2.75) is 6.92 Å². The van der Waals surface area contributed by atoms with Gasteiger partial charge in [0.05, 0.1) is 11.1 Å². The summed E-state index contributed by atoms with van der Waals surface area (Å²) in [7, 11) is 0. The first-order valence-electron chi connectivity index (χ1n) is 10.1. The highest BCUT2D eigenvalue weighted by molar-refractivity contribution is 6.18. The van der Waals surface area contributed by atoms with Crippen LogP contribution in [0.5, 0.6) is 0 Å². The third-order valence-corrected chi connectivity index (χ3v) is 5.25. The lowest BCUT2D eigenvalue weighted by atomic mass is 10.1. The molecule has 0 spiro atoms. The fraction of sp³-hybridized carbons (Fsp3) is 0.0385. The molecular formula is C26H16FNO5. The fourth-order valence-corrected chi connectivity index (χ4v) is 3.62. The molecule has 7 heteroatoms. The van der Waals surface area contributed by atoms with Crippen LogP contribution in [0.25, 0.3) is 21.9 Å². The predicted octanol–water partition coefficient (Wildman–Crippen LogP) is 5.47. The van der Waals surface area contributed by atoms with E-state index in [1.165, 1.54) is 24.3 Å². The Kier molecular flexibility index (Phi) is 4.86. The number of benzene rings is 3. The minimum absolute atomic E-state index is 0.116. The maximum atomic E-state index is 13.3. The molecule has 6 nitrogen and oxygen atoms in total. The summed E-state index contributed by atoms with van der Waals surface area (Å²) in [5.74, 6) is -2.05. The Bertz CT molecular complexity index is 1610. The van der Waals surface area contributed by atoms with Crippen molar-refractivity contribution in [3.8, 4) is 0 Å². The zero-order valence-electron chi connectivity index (χ0n) is 17.3. The van der Waals surface area contributed by atoms with Crippen LogP contribution in [0.15, 0.2) is 86.4 Å². The van der Waals surface area contributed by atoms with Crippen molar-refractivity contribution in [1.82, 2.24) is 0 Å². The van der Waals surface area contributed by atoms with Crippen molar-refractivity contribution in [2.75, 3.05) is 5.32 Å². The van der Waals surface area contributed by atoms with Gasteiger partial charge in [-0.3, -0.25) is 14.4 Å². The third kappa shape index (κ3) is 3.70. The van der Waals surface area contributed by atoms with E-state index in [9.17, 15) is 18.8 Å². The quantitative estimate of drug-likeness (QED) is 0.374. The smallest absolute Gasteiger partial charge is 0.291 e. The molecule has 0 radical (unpaired) electrons. The molecule has 0 fully saturated rings. The molecule has 0 aliphatic rings. The number of para-hydroxylation sites is 1. The van der Waals surface area contributed by atoms with Gasteiger partial charge in [0.1, 0.15) is 17.0 Å². The van der Waals surface area contributed by atoms with Gasteiger partial charge in [-0.25, -0.2) is 4.39 Å². The number of amides is 1. The average Bonchev–Trinajstić information content (AvgIpc) is 3.18. The lowest BCUT2D eigenvalue weighted by Gasteiger charge is -2.07. The minimum Gasteiger partial charge on any atom is -0.451 e. The Hall–Kier alpha value is -4.52. The number of hydrogen-bond acceptors (Lipinski definition) is 5. The van der Waals surface area contributed by atoms with Crippen LogP contribution in [-0.4, -0.2) is 11.7 Å². The van der Waals surface area contributed by atoms with Gasteiger partial charge >= 0.3 is 0 Å². The predicted molar refractivity (Wildman–Crippen MR) is 121 cm³/mol. The fourth-order valence-electron chi connectivity index (χ4n) is 3.62. The summed E-state index contributed by atoms with van der Waals surface area (Å²) in [6.45, 7) is 1.85. The molecule has 0 saturated heterocycles. The molecule has 0 unspecified atom stereocenters. The van der Waals surface area contributed by atoms with Crippen molar-refractivity contribution in [3.63, 3.8) is 0 Å². The van der Waals surface area contributed by atoms with Gasteiger partial charge in [0.25, 0.3) is 5.91 Å². The van der Waals surface area contributed by atoms with E-state index in [2.05, 4.69) is 5.32 Å². The zero-order valence-corrected chi connectivity index (χ0v) is 17.3. The highest BCUT2D eigenvalue weighted by atomic mass is 19.1. The van der Waals surface area contributed by atoms with Crippen molar-refractivity contribution in [3.05, 3.63) is 111 Å². The Morgan fingerprint density at radius 3 is 2.36 bits per heavy atom. The topological polar surface area (TPSA) is 89.5 Å². The van der Waals surface area contributed by atoms with Crippen LogP contribution in [0.3, 0.4) is 0 Å². The number of nitrogens with one attached hydrogen (secondary N) is 1. The molecule has 0 saturated carbocycles. The lowest BCUT2D eigenvalue weighted by molar-refractivity contribution is 0.0997. The summed E-state index contributed by atoms with van der Waals surface area (Å²) >= 11 is 0. The van der Waals surface area contributed by atoms with Gasteiger partial charge in [-0.1, -0.05) is 23.8 Å². The van der Waals surface area contributed by atoms with Gasteiger partial charge in [0, 0.05) is 17.0 Å². The Balaban J connectivity index is 1.58. The normalized spacial score (nSPS) is 11.1. The Labute approximate surface area is 186 Å². The molecule has 2 aromatic heterocycles. The molecule has 0 atom stereocenters. The molecule has 0 bridgehead atoms. The van der Waals surface area contributed by atoms with Crippen LogP contribution in [0.2, 0.25) is 0 Å². The molecule has 1 amide bonds. The summed E-state index contributed by atoms with van der Waals surface area (Å²) < 4.78 is 24.7. The lowest BCUT2D eigenvalue weighted by Crippen LogP contribution is -2.16. The molecule has 5 aromatic rings. The largest absolute Gasteiger partial charge is 0.451 e. The Morgan fingerprint density at radius 2 is 1.58 bits per heavy atom. The van der Waals surface area contributed by atoms with Crippen LogP contribution in [0.4, 0.5) is 10.1 Å². The first-order chi connectivity index (χ1) is 15.9. The zero-order chi connectivity index (χ0) is 23.1. The van der Waals surface area contributed by atoms with Crippen molar-refractivity contribution in [2.24, 2.45) is 0 Å². The van der Waals surface area contributed by atoms with Crippen LogP contribution in [-0.2, 0) is 0 Å². The monoisotopic (exact) mass is 441 g/mol. The first kappa shape index (κ1) is 20.4. The number of rotatable bonds is 4. The summed E-state index contributed by atoms with van der Waals surface area (Å²) in [6, 6.07) is 18.0. The van der Waals surface area contributed by atoms with E-state index in [-0.39, 0.29) is 33.8 Å². The summed E-state index contributed by atoms with van der Waals surface area (Å²) in [4.78, 5) is 38.6. The summed E-state index contributed by atoms with van der Waals surface area (Å²) in [5, 5.41) is 3.52. The third-order valence-electron chi connectivity index (χ3n) is 5.25. The summed E-state index contributed by atoms with van der Waals surface area (Å²) in [6.07, 6.45) is 0. The minimum atomic E-state index is -0.714. The van der Waals surface area contributed by atoms with Crippen LogP contribution in [0.1, 0.15) is 32.2 Å². The molecule has 5 rings (SSSR count). The van der Waals surface area contributed by atoms with Gasteiger partial charge in [0.2, 0.25) is 5.78 Å². The molecular weight excluding hydrogens is 425 g/mol. The number of carbonyl (C=O) groups is 2. The number of aryl methyl sites for hydroxylation is 1. The van der Waals surface area contributed by atoms with E-state index in [1.54, 1.807) is 42.5 Å². The number of ketones is 1. The van der Waals surface area contributed by atoms with Gasteiger partial charge in [-0.2, -0.15) is 0 Å². The maximum Gasteiger partial charge on any atom is 0.291 e. The van der Waals surface area contributed by atoms with E-state index in [0.29, 0.717) is 16.4 Å². The van der Waals surface area contributed by atoms with E-state index < -0.39 is 17.5 Å². The van der Waals surface area contributed by atoms with Crippen LogP contribution in [0, 0.1) is 12.7 Å². The maximum absolute atomic E-state index is 13.3. The number of halogens is 1. The van der Waals surface area contributed by atoms with Crippen LogP contribution >= 0.6 is 0 Å². The van der Waals surface area contributed by atoms with Crippen molar-refractivity contribution in [1.29, 1.82) is 0 Å². The number of fused-ring (bicyclic) bond motifs is 2. The van der Waals surface area contributed by atoms with E-state index in [0.717, 1.165) is 11.6 Å². The van der Waals surface area contributed by atoms with Crippen molar-refractivity contribution < 1.29 is 22.8 Å². The Morgan fingerprint density at radius 1 is 0.848 bits per heavy atom. The number of anilines is 1. The second-order valence-electron chi connectivity index (χ2n) is 7.57. The second-order valence-corrected chi connectivity index (χ2v) is 7.57. The highest BCUT2D eigenvalue weighted by Gasteiger charge is 2.25. The molecule has 162 valence electrons.